The van der Waals surface area contributed by atoms with Crippen LogP contribution in [0.15, 0.2) is 97.1 Å². The number of esters is 1. The summed E-state index contributed by atoms with van der Waals surface area (Å²) < 4.78 is 25.4. The zero-order valence-corrected chi connectivity index (χ0v) is 32.5. The molecule has 0 amide bonds. The zero-order valence-electron chi connectivity index (χ0n) is 31.5. The van der Waals surface area contributed by atoms with Crippen LogP contribution in [0.3, 0.4) is 0 Å². The summed E-state index contributed by atoms with van der Waals surface area (Å²) in [6, 6.07) is 31.9. The van der Waals surface area contributed by atoms with Crippen LogP contribution >= 0.6 is 0 Å². The summed E-state index contributed by atoms with van der Waals surface area (Å²) in [6.45, 7) is 6.49. The number of nitrogens with one attached hydrogen (secondary N) is 1. The SMILES string of the molecule is CC[Si](CC)(CC)OC(c1ccc(OCc2ccccc2)c([N+](=O)[O-])c1)C(N)(CCOc1ccc2c3c([nH]c2c1)CCCC3)C(=O)OCc1ccccc1. The Labute approximate surface area is 318 Å². The van der Waals surface area contributed by atoms with E-state index in [1.54, 1.807) is 12.1 Å². The lowest BCUT2D eigenvalue weighted by atomic mass is 9.85. The summed E-state index contributed by atoms with van der Waals surface area (Å²) in [5.41, 5.74) is 11.1. The maximum atomic E-state index is 14.4. The van der Waals surface area contributed by atoms with Gasteiger partial charge in [-0.05, 0) is 84.3 Å². The van der Waals surface area contributed by atoms with Crippen LogP contribution in [0, 0.1) is 10.1 Å². The molecule has 1 aliphatic carbocycles. The Morgan fingerprint density at radius 3 is 2.20 bits per heavy atom. The van der Waals surface area contributed by atoms with Crippen molar-refractivity contribution in [2.45, 2.75) is 95.9 Å². The number of aromatic nitrogens is 1. The first kappa shape index (κ1) is 38.7. The Kier molecular flexibility index (Phi) is 12.5. The fraction of sp³-hybridized carbons (Fsp3) is 0.372. The lowest BCUT2D eigenvalue weighted by Crippen LogP contribution is -2.58. The van der Waals surface area contributed by atoms with Gasteiger partial charge in [0, 0.05) is 35.2 Å². The first-order valence-electron chi connectivity index (χ1n) is 19.1. The number of carbonyl (C=O) groups excluding carboxylic acids is 1. The van der Waals surface area contributed by atoms with Crippen LogP contribution in [0.5, 0.6) is 11.5 Å². The van der Waals surface area contributed by atoms with Crippen molar-refractivity contribution in [1.82, 2.24) is 4.98 Å². The number of nitrogens with two attached hydrogens (primary N) is 1. The second-order valence-electron chi connectivity index (χ2n) is 14.2. The van der Waals surface area contributed by atoms with E-state index in [2.05, 4.69) is 31.8 Å². The summed E-state index contributed by atoms with van der Waals surface area (Å²) in [5.74, 6) is 0.0783. The molecule has 0 spiro atoms. The maximum absolute atomic E-state index is 14.4. The van der Waals surface area contributed by atoms with E-state index in [-0.39, 0.29) is 37.7 Å². The van der Waals surface area contributed by atoms with Gasteiger partial charge in [-0.2, -0.15) is 0 Å². The summed E-state index contributed by atoms with van der Waals surface area (Å²) in [4.78, 5) is 30.1. The highest BCUT2D eigenvalue weighted by Crippen LogP contribution is 2.41. The van der Waals surface area contributed by atoms with Crippen molar-refractivity contribution < 1.29 is 28.4 Å². The number of H-pyrrole nitrogens is 1. The number of benzene rings is 4. The molecule has 0 saturated carbocycles. The van der Waals surface area contributed by atoms with Crippen LogP contribution in [-0.2, 0) is 40.0 Å². The van der Waals surface area contributed by atoms with Gasteiger partial charge in [-0.3, -0.25) is 10.1 Å². The molecular weight excluding hydrogens is 699 g/mol. The Morgan fingerprint density at radius 1 is 0.870 bits per heavy atom. The van der Waals surface area contributed by atoms with E-state index < -0.39 is 30.9 Å². The van der Waals surface area contributed by atoms with Gasteiger partial charge in [0.25, 0.3) is 0 Å². The largest absolute Gasteiger partial charge is 0.493 e. The molecule has 10 nitrogen and oxygen atoms in total. The van der Waals surface area contributed by atoms with E-state index in [1.165, 1.54) is 35.6 Å². The minimum Gasteiger partial charge on any atom is -0.493 e. The summed E-state index contributed by atoms with van der Waals surface area (Å²) in [7, 11) is -2.50. The van der Waals surface area contributed by atoms with E-state index >= 15 is 0 Å². The number of hydrogen-bond donors (Lipinski definition) is 2. The number of fused-ring (bicyclic) bond motifs is 3. The van der Waals surface area contributed by atoms with E-state index in [1.807, 2.05) is 72.8 Å². The van der Waals surface area contributed by atoms with Crippen LogP contribution in [0.2, 0.25) is 18.1 Å². The predicted molar refractivity (Wildman–Crippen MR) is 213 cm³/mol. The van der Waals surface area contributed by atoms with Crippen LogP contribution in [0.4, 0.5) is 5.69 Å². The molecule has 0 bridgehead atoms. The standard InChI is InChI=1S/C43H51N3O7Si/c1-4-54(5-2,6-3)53-41(33-21-24-40(39(27-33)46(48)49)51-29-31-15-9-7-10-16-31)43(44,42(47)52-30-32-17-11-8-12-18-32)25-26-50-34-22-23-36-35-19-13-14-20-37(35)45-38(36)28-34/h7-12,15-18,21-24,27-28,41,45H,4-6,13-14,19-20,25-26,29-30,44H2,1-3H3. The fourth-order valence-electron chi connectivity index (χ4n) is 7.44. The van der Waals surface area contributed by atoms with Crippen molar-refractivity contribution in [2.75, 3.05) is 6.61 Å². The fourth-order valence-corrected chi connectivity index (χ4v) is 10.3. The summed E-state index contributed by atoms with van der Waals surface area (Å²) >= 11 is 0. The molecule has 1 aromatic heterocycles. The molecule has 1 aliphatic rings. The maximum Gasteiger partial charge on any atom is 0.329 e. The molecule has 2 unspecified atom stereocenters. The van der Waals surface area contributed by atoms with Gasteiger partial charge in [-0.25, -0.2) is 4.79 Å². The lowest BCUT2D eigenvalue weighted by Gasteiger charge is -2.41. The number of rotatable bonds is 18. The van der Waals surface area contributed by atoms with Gasteiger partial charge >= 0.3 is 11.7 Å². The Hall–Kier alpha value is -4.97. The molecule has 11 heteroatoms. The molecule has 2 atom stereocenters. The minimum absolute atomic E-state index is 0.00464. The van der Waals surface area contributed by atoms with E-state index in [0.717, 1.165) is 47.6 Å². The molecule has 0 saturated heterocycles. The molecule has 3 N–H and O–H groups in total. The molecule has 5 aromatic rings. The monoisotopic (exact) mass is 749 g/mol. The number of nitrogens with zero attached hydrogens (tertiary/aromatic N) is 1. The third-order valence-corrected chi connectivity index (χ3v) is 15.5. The average Bonchev–Trinajstić information content (AvgIpc) is 3.58. The Bertz CT molecular complexity index is 2030. The van der Waals surface area contributed by atoms with Crippen LogP contribution in [0.1, 0.15) is 74.1 Å². The predicted octanol–water partition coefficient (Wildman–Crippen LogP) is 9.51. The smallest absolute Gasteiger partial charge is 0.329 e. The normalized spacial score (nSPS) is 14.5. The molecule has 0 fully saturated rings. The van der Waals surface area contributed by atoms with Crippen molar-refractivity contribution in [2.24, 2.45) is 5.73 Å². The van der Waals surface area contributed by atoms with Gasteiger partial charge in [0.2, 0.25) is 0 Å². The molecule has 6 rings (SSSR count). The second kappa shape index (κ2) is 17.4. The number of hydrogen-bond acceptors (Lipinski definition) is 8. The highest BCUT2D eigenvalue weighted by molar-refractivity contribution is 6.73. The van der Waals surface area contributed by atoms with Gasteiger partial charge in [-0.15, -0.1) is 0 Å². The van der Waals surface area contributed by atoms with Crippen LogP contribution in [-0.4, -0.2) is 36.3 Å². The third kappa shape index (κ3) is 8.70. The number of ether oxygens (including phenoxy) is 3. The molecule has 54 heavy (non-hydrogen) atoms. The van der Waals surface area contributed by atoms with Gasteiger partial charge in [0.05, 0.1) is 17.6 Å². The summed E-state index contributed by atoms with van der Waals surface area (Å²) in [6.07, 6.45) is 3.41. The quantitative estimate of drug-likeness (QED) is 0.0391. The highest BCUT2D eigenvalue weighted by Gasteiger charge is 2.49. The van der Waals surface area contributed by atoms with Gasteiger partial charge in [0.15, 0.2) is 14.1 Å². The molecule has 284 valence electrons. The number of carbonyl (C=O) groups is 1. The number of aryl methyl sites for hydroxylation is 2. The number of aromatic amines is 1. The summed E-state index contributed by atoms with van der Waals surface area (Å²) in [5, 5.41) is 13.7. The molecular formula is C43H51N3O7Si. The van der Waals surface area contributed by atoms with Crippen molar-refractivity contribution in [1.29, 1.82) is 0 Å². The molecule has 4 aromatic carbocycles. The molecule has 0 aliphatic heterocycles. The van der Waals surface area contributed by atoms with Crippen molar-refractivity contribution in [3.8, 4) is 11.5 Å². The van der Waals surface area contributed by atoms with E-state index in [0.29, 0.717) is 11.3 Å². The van der Waals surface area contributed by atoms with Crippen molar-refractivity contribution >= 4 is 30.9 Å². The Morgan fingerprint density at radius 2 is 1.54 bits per heavy atom. The minimum atomic E-state index is -2.50. The third-order valence-electron chi connectivity index (χ3n) is 10.9. The van der Waals surface area contributed by atoms with Gasteiger partial charge in [-0.1, -0.05) is 87.5 Å². The second-order valence-corrected chi connectivity index (χ2v) is 18.9. The highest BCUT2D eigenvalue weighted by atomic mass is 28.4. The van der Waals surface area contributed by atoms with Crippen LogP contribution in [0.25, 0.3) is 10.9 Å². The number of nitro benzene ring substituents is 1. The zero-order chi connectivity index (χ0) is 38.1. The Balaban J connectivity index is 1.35. The average molecular weight is 750 g/mol. The van der Waals surface area contributed by atoms with Gasteiger partial charge in [0.1, 0.15) is 24.5 Å². The van der Waals surface area contributed by atoms with Crippen molar-refractivity contribution in [3.63, 3.8) is 0 Å². The number of nitro groups is 1. The topological polar surface area (TPSA) is 139 Å². The molecule has 1 heterocycles. The van der Waals surface area contributed by atoms with Crippen molar-refractivity contribution in [3.05, 3.63) is 135 Å². The molecule has 0 radical (unpaired) electrons. The van der Waals surface area contributed by atoms with Crippen LogP contribution < -0.4 is 15.2 Å². The van der Waals surface area contributed by atoms with E-state index in [4.69, 9.17) is 24.4 Å². The first-order chi connectivity index (χ1) is 26.2. The van der Waals surface area contributed by atoms with E-state index in [9.17, 15) is 14.9 Å². The lowest BCUT2D eigenvalue weighted by molar-refractivity contribution is -0.386. The van der Waals surface area contributed by atoms with Gasteiger partial charge < -0.3 is 29.4 Å². The first-order valence-corrected chi connectivity index (χ1v) is 21.6.